The lowest BCUT2D eigenvalue weighted by Gasteiger charge is -2.36. The first-order valence-corrected chi connectivity index (χ1v) is 9.49. The van der Waals surface area contributed by atoms with E-state index in [1.807, 2.05) is 20.8 Å². The maximum absolute atomic E-state index is 11.9. The molecule has 1 aliphatic rings. The number of hydrogen-bond acceptors (Lipinski definition) is 3. The molecule has 3 atom stereocenters. The highest BCUT2D eigenvalue weighted by Gasteiger charge is 2.28. The smallest absolute Gasteiger partial charge is 0.407 e. The number of hydrogen-bond donors (Lipinski definition) is 2. The molecule has 4 heteroatoms. The van der Waals surface area contributed by atoms with Gasteiger partial charge < -0.3 is 15.4 Å². The number of amides is 1. The number of rotatable bonds is 7. The molecule has 0 saturated heterocycles. The second kappa shape index (κ2) is 9.51. The lowest BCUT2D eigenvalue weighted by Crippen LogP contribution is -2.49. The van der Waals surface area contributed by atoms with E-state index in [1.165, 1.54) is 38.5 Å². The molecule has 0 heterocycles. The largest absolute Gasteiger partial charge is 0.444 e. The second-order valence-corrected chi connectivity index (χ2v) is 8.07. The molecule has 1 aliphatic carbocycles. The normalized spacial score (nSPS) is 23.6. The first-order chi connectivity index (χ1) is 10.8. The lowest BCUT2D eigenvalue weighted by molar-refractivity contribution is 0.0509. The van der Waals surface area contributed by atoms with Crippen molar-refractivity contribution < 1.29 is 9.53 Å². The number of alkyl carbamates (subject to hydrolysis) is 1. The van der Waals surface area contributed by atoms with Gasteiger partial charge in [0.2, 0.25) is 0 Å². The zero-order chi connectivity index (χ0) is 17.5. The summed E-state index contributed by atoms with van der Waals surface area (Å²) in [4.78, 5) is 11.9. The minimum absolute atomic E-state index is 0.296. The maximum Gasteiger partial charge on any atom is 0.407 e. The van der Waals surface area contributed by atoms with E-state index in [4.69, 9.17) is 4.74 Å². The van der Waals surface area contributed by atoms with Crippen molar-refractivity contribution in [1.29, 1.82) is 0 Å². The topological polar surface area (TPSA) is 50.4 Å². The molecule has 0 bridgehead atoms. The average Bonchev–Trinajstić information content (AvgIpc) is 2.46. The highest BCUT2D eigenvalue weighted by molar-refractivity contribution is 5.67. The molecule has 0 aliphatic heterocycles. The fraction of sp³-hybridized carbons (Fsp3) is 0.947. The van der Waals surface area contributed by atoms with Crippen molar-refractivity contribution in [3.05, 3.63) is 0 Å². The van der Waals surface area contributed by atoms with Crippen LogP contribution >= 0.6 is 0 Å². The van der Waals surface area contributed by atoms with Gasteiger partial charge >= 0.3 is 6.09 Å². The lowest BCUT2D eigenvalue weighted by atomic mass is 9.83. The number of ether oxygens (including phenoxy) is 1. The van der Waals surface area contributed by atoms with Gasteiger partial charge in [-0.25, -0.2) is 4.79 Å². The van der Waals surface area contributed by atoms with Gasteiger partial charge in [-0.15, -0.1) is 0 Å². The predicted molar refractivity (Wildman–Crippen MR) is 96.7 cm³/mol. The molecule has 0 aromatic rings. The predicted octanol–water partition coefficient (Wildman–Crippen LogP) is 4.48. The Kier molecular flexibility index (Phi) is 8.38. The van der Waals surface area contributed by atoms with Gasteiger partial charge in [0.05, 0.1) is 0 Å². The van der Waals surface area contributed by atoms with Gasteiger partial charge in [0, 0.05) is 18.6 Å². The number of carbonyl (C=O) groups excluding carboxylic acids is 1. The van der Waals surface area contributed by atoms with Crippen LogP contribution in [0.25, 0.3) is 0 Å². The van der Waals surface area contributed by atoms with E-state index >= 15 is 0 Å². The molecule has 0 aromatic carbocycles. The SMILES string of the molecule is CCC(CC)C(C)NC1CCCCC1CNC(=O)OC(C)(C)C. The molecule has 3 unspecified atom stereocenters. The Morgan fingerprint density at radius 2 is 1.78 bits per heavy atom. The van der Waals surface area contributed by atoms with E-state index in [1.54, 1.807) is 0 Å². The van der Waals surface area contributed by atoms with E-state index in [-0.39, 0.29) is 6.09 Å². The molecule has 2 N–H and O–H groups in total. The molecule has 1 rings (SSSR count). The summed E-state index contributed by atoms with van der Waals surface area (Å²) < 4.78 is 5.35. The summed E-state index contributed by atoms with van der Waals surface area (Å²) in [6, 6.07) is 1.05. The molecule has 23 heavy (non-hydrogen) atoms. The van der Waals surface area contributed by atoms with Crippen LogP contribution in [0.15, 0.2) is 0 Å². The fourth-order valence-electron chi connectivity index (χ4n) is 3.67. The summed E-state index contributed by atoms with van der Waals surface area (Å²) in [5.41, 5.74) is -0.432. The van der Waals surface area contributed by atoms with Gasteiger partial charge in [0.15, 0.2) is 0 Å². The van der Waals surface area contributed by atoms with Crippen molar-refractivity contribution in [2.75, 3.05) is 6.54 Å². The van der Waals surface area contributed by atoms with E-state index in [0.717, 1.165) is 5.92 Å². The van der Waals surface area contributed by atoms with Crippen LogP contribution < -0.4 is 10.6 Å². The summed E-state index contributed by atoms with van der Waals surface area (Å²) in [5.74, 6) is 1.24. The van der Waals surface area contributed by atoms with Gasteiger partial charge in [-0.3, -0.25) is 0 Å². The van der Waals surface area contributed by atoms with E-state index in [0.29, 0.717) is 24.5 Å². The van der Waals surface area contributed by atoms with Gasteiger partial charge in [-0.05, 0) is 52.4 Å². The third-order valence-electron chi connectivity index (χ3n) is 5.05. The molecule has 136 valence electrons. The summed E-state index contributed by atoms with van der Waals surface area (Å²) in [5, 5.41) is 6.82. The van der Waals surface area contributed by atoms with Crippen molar-refractivity contribution >= 4 is 6.09 Å². The number of carbonyl (C=O) groups is 1. The quantitative estimate of drug-likeness (QED) is 0.725. The maximum atomic E-state index is 11.9. The third kappa shape index (κ3) is 7.56. The molecule has 1 saturated carbocycles. The summed E-state index contributed by atoms with van der Waals surface area (Å²) in [6.07, 6.45) is 7.09. The standard InChI is InChI=1S/C19H38N2O2/c1-7-15(8-2)14(3)21-17-12-10-9-11-16(17)13-20-18(22)23-19(4,5)6/h14-17,21H,7-13H2,1-6H3,(H,20,22). The Labute approximate surface area is 143 Å². The summed E-state index contributed by atoms with van der Waals surface area (Å²) in [6.45, 7) is 13.3. The number of nitrogens with one attached hydrogen (secondary N) is 2. The van der Waals surface area contributed by atoms with Crippen molar-refractivity contribution in [3.63, 3.8) is 0 Å². The van der Waals surface area contributed by atoms with Crippen LogP contribution in [0.1, 0.15) is 80.1 Å². The van der Waals surface area contributed by atoms with Crippen molar-refractivity contribution in [2.24, 2.45) is 11.8 Å². The minimum Gasteiger partial charge on any atom is -0.444 e. The zero-order valence-corrected chi connectivity index (χ0v) is 16.1. The van der Waals surface area contributed by atoms with Gasteiger partial charge in [0.25, 0.3) is 0 Å². The van der Waals surface area contributed by atoms with Crippen LogP contribution in [0.3, 0.4) is 0 Å². The molecule has 1 fully saturated rings. The third-order valence-corrected chi connectivity index (χ3v) is 5.05. The fourth-order valence-corrected chi connectivity index (χ4v) is 3.67. The van der Waals surface area contributed by atoms with Gasteiger partial charge in [0.1, 0.15) is 5.60 Å². The summed E-state index contributed by atoms with van der Waals surface area (Å²) in [7, 11) is 0. The van der Waals surface area contributed by atoms with Crippen LogP contribution in [0.5, 0.6) is 0 Å². The van der Waals surface area contributed by atoms with Crippen molar-refractivity contribution in [1.82, 2.24) is 10.6 Å². The summed E-state index contributed by atoms with van der Waals surface area (Å²) >= 11 is 0. The van der Waals surface area contributed by atoms with Gasteiger partial charge in [-0.2, -0.15) is 0 Å². The monoisotopic (exact) mass is 326 g/mol. The molecule has 0 radical (unpaired) electrons. The van der Waals surface area contributed by atoms with E-state index in [2.05, 4.69) is 31.4 Å². The first kappa shape index (κ1) is 20.3. The Balaban J connectivity index is 2.49. The highest BCUT2D eigenvalue weighted by Crippen LogP contribution is 2.26. The molecular weight excluding hydrogens is 288 g/mol. The highest BCUT2D eigenvalue weighted by atomic mass is 16.6. The van der Waals surface area contributed by atoms with Crippen molar-refractivity contribution in [2.45, 2.75) is 97.8 Å². The van der Waals surface area contributed by atoms with Crippen molar-refractivity contribution in [3.8, 4) is 0 Å². The zero-order valence-electron chi connectivity index (χ0n) is 16.1. The van der Waals surface area contributed by atoms with Crippen LogP contribution in [-0.4, -0.2) is 30.3 Å². The Morgan fingerprint density at radius 1 is 1.17 bits per heavy atom. The molecular formula is C19H38N2O2. The van der Waals surface area contributed by atoms with Crippen LogP contribution in [-0.2, 0) is 4.74 Å². The van der Waals surface area contributed by atoms with Crippen LogP contribution in [0.2, 0.25) is 0 Å². The van der Waals surface area contributed by atoms with Crippen LogP contribution in [0, 0.1) is 11.8 Å². The molecule has 0 spiro atoms. The second-order valence-electron chi connectivity index (χ2n) is 8.07. The van der Waals surface area contributed by atoms with E-state index < -0.39 is 5.60 Å². The Hall–Kier alpha value is -0.770. The minimum atomic E-state index is -0.432. The first-order valence-electron chi connectivity index (χ1n) is 9.49. The molecule has 1 amide bonds. The average molecular weight is 327 g/mol. The Bertz CT molecular complexity index is 348. The Morgan fingerprint density at radius 3 is 2.35 bits per heavy atom. The molecule has 0 aromatic heterocycles. The molecule has 4 nitrogen and oxygen atoms in total. The van der Waals surface area contributed by atoms with Gasteiger partial charge in [-0.1, -0.05) is 39.5 Å². The van der Waals surface area contributed by atoms with Crippen LogP contribution in [0.4, 0.5) is 4.79 Å². The van der Waals surface area contributed by atoms with E-state index in [9.17, 15) is 4.79 Å².